The molecule has 0 amide bonds. The third-order valence-corrected chi connectivity index (χ3v) is 7.19. The van der Waals surface area contributed by atoms with E-state index in [1.54, 1.807) is 11.8 Å². The number of aliphatic hydroxyl groups excluding tert-OH is 1. The van der Waals surface area contributed by atoms with Crippen molar-refractivity contribution in [2.75, 3.05) is 6.73 Å². The van der Waals surface area contributed by atoms with Crippen LogP contribution in [0.25, 0.3) is 0 Å². The van der Waals surface area contributed by atoms with Crippen molar-refractivity contribution < 1.29 is 9.84 Å². The summed E-state index contributed by atoms with van der Waals surface area (Å²) in [5, 5.41) is 10.1. The molecular weight excluding hydrogens is 458 g/mol. The van der Waals surface area contributed by atoms with Crippen LogP contribution in [0, 0.1) is 0 Å². The summed E-state index contributed by atoms with van der Waals surface area (Å²) in [5.74, 6) is 0.981. The fraction of sp³-hybridized carbons (Fsp3) is 0.455. The molecule has 0 aliphatic carbocycles. The molecule has 4 rings (SSSR count). The largest absolute Gasteiger partial charge is 0.476 e. The molecular formula is C22H27BrClNO2S. The molecule has 0 saturated carbocycles. The van der Waals surface area contributed by atoms with Gasteiger partial charge >= 0.3 is 0 Å². The Morgan fingerprint density at radius 1 is 1.18 bits per heavy atom. The van der Waals surface area contributed by atoms with Gasteiger partial charge in [0.15, 0.2) is 4.93 Å². The van der Waals surface area contributed by atoms with Gasteiger partial charge in [0.1, 0.15) is 5.75 Å². The monoisotopic (exact) mass is 483 g/mol. The van der Waals surface area contributed by atoms with Crippen LogP contribution in [0.5, 0.6) is 5.75 Å². The number of benzene rings is 2. The van der Waals surface area contributed by atoms with Gasteiger partial charge in [-0.25, -0.2) is 0 Å². The van der Waals surface area contributed by atoms with E-state index in [0.29, 0.717) is 12.1 Å². The SMILES string of the molecule is CC1(C)Oc2ccc(C3CCC(CCc4ccc(Br)cc4)N3CO)cc2S1.Cl. The van der Waals surface area contributed by atoms with E-state index in [1.165, 1.54) is 16.0 Å². The van der Waals surface area contributed by atoms with E-state index in [9.17, 15) is 5.11 Å². The molecule has 1 saturated heterocycles. The van der Waals surface area contributed by atoms with Crippen LogP contribution in [0.1, 0.15) is 50.3 Å². The lowest BCUT2D eigenvalue weighted by atomic mass is 10.0. The second-order valence-electron chi connectivity index (χ2n) is 7.88. The Morgan fingerprint density at radius 2 is 1.93 bits per heavy atom. The van der Waals surface area contributed by atoms with E-state index >= 15 is 0 Å². The van der Waals surface area contributed by atoms with Crippen molar-refractivity contribution in [1.29, 1.82) is 0 Å². The van der Waals surface area contributed by atoms with Crippen molar-refractivity contribution in [2.24, 2.45) is 0 Å². The van der Waals surface area contributed by atoms with Gasteiger partial charge in [0, 0.05) is 16.6 Å². The van der Waals surface area contributed by atoms with Crippen LogP contribution >= 0.6 is 40.1 Å². The van der Waals surface area contributed by atoms with Crippen LogP contribution in [-0.4, -0.2) is 27.7 Å². The molecule has 0 aromatic heterocycles. The molecule has 28 heavy (non-hydrogen) atoms. The number of thioether (sulfide) groups is 1. The first-order valence-electron chi connectivity index (χ1n) is 9.58. The standard InChI is InChI=1S/C22H26BrNO2S.ClH/c1-22(2)26-20-12-6-16(13-21(20)27-22)19-11-10-18(24(19)14-25)9-5-15-3-7-17(23)8-4-15;/h3-4,6-8,12-13,18-19,25H,5,9-11,14H2,1-2H3;1H. The summed E-state index contributed by atoms with van der Waals surface area (Å²) in [5.41, 5.74) is 2.65. The Balaban J connectivity index is 0.00000225. The van der Waals surface area contributed by atoms with E-state index in [2.05, 4.69) is 77.1 Å². The molecule has 2 aromatic rings. The molecule has 2 aliphatic rings. The Morgan fingerprint density at radius 3 is 2.64 bits per heavy atom. The van der Waals surface area contributed by atoms with Gasteiger partial charge in [0.05, 0.1) is 11.6 Å². The van der Waals surface area contributed by atoms with E-state index in [1.807, 2.05) is 0 Å². The van der Waals surface area contributed by atoms with Gasteiger partial charge in [-0.2, -0.15) is 0 Å². The maximum Gasteiger partial charge on any atom is 0.153 e. The number of aliphatic hydroxyl groups is 1. The number of ether oxygens (including phenoxy) is 1. The van der Waals surface area contributed by atoms with Crippen molar-refractivity contribution >= 4 is 40.1 Å². The van der Waals surface area contributed by atoms with Crippen LogP contribution in [0.15, 0.2) is 51.8 Å². The molecule has 152 valence electrons. The third kappa shape index (κ3) is 4.71. The second-order valence-corrected chi connectivity index (χ2v) is 10.4. The molecule has 2 aliphatic heterocycles. The van der Waals surface area contributed by atoms with Crippen molar-refractivity contribution in [1.82, 2.24) is 4.90 Å². The summed E-state index contributed by atoms with van der Waals surface area (Å²) in [6.45, 7) is 4.32. The van der Waals surface area contributed by atoms with Crippen molar-refractivity contribution in [2.45, 2.75) is 61.4 Å². The molecule has 6 heteroatoms. The first kappa shape index (κ1) is 22.0. The molecule has 2 unspecified atom stereocenters. The summed E-state index contributed by atoms with van der Waals surface area (Å²) in [6, 6.07) is 15.8. The van der Waals surface area contributed by atoms with Crippen molar-refractivity contribution in [3.63, 3.8) is 0 Å². The van der Waals surface area contributed by atoms with Gasteiger partial charge in [0.25, 0.3) is 0 Å². The van der Waals surface area contributed by atoms with E-state index in [-0.39, 0.29) is 24.1 Å². The van der Waals surface area contributed by atoms with E-state index < -0.39 is 0 Å². The molecule has 1 N–H and O–H groups in total. The second kappa shape index (κ2) is 8.97. The number of hydrogen-bond acceptors (Lipinski definition) is 4. The number of fused-ring (bicyclic) bond motifs is 1. The highest BCUT2D eigenvalue weighted by atomic mass is 79.9. The molecule has 2 aromatic carbocycles. The zero-order valence-electron chi connectivity index (χ0n) is 16.2. The summed E-state index contributed by atoms with van der Waals surface area (Å²) >= 11 is 5.27. The summed E-state index contributed by atoms with van der Waals surface area (Å²) in [7, 11) is 0. The first-order chi connectivity index (χ1) is 12.9. The molecule has 0 spiro atoms. The molecule has 0 bridgehead atoms. The lowest BCUT2D eigenvalue weighted by Crippen LogP contribution is -2.32. The smallest absolute Gasteiger partial charge is 0.153 e. The molecule has 1 fully saturated rings. The van der Waals surface area contributed by atoms with Crippen LogP contribution in [0.4, 0.5) is 0 Å². The lowest BCUT2D eigenvalue weighted by Gasteiger charge is -2.28. The minimum atomic E-state index is -0.194. The van der Waals surface area contributed by atoms with Crippen LogP contribution in [0.2, 0.25) is 0 Å². The van der Waals surface area contributed by atoms with E-state index in [0.717, 1.165) is 35.9 Å². The quantitative estimate of drug-likeness (QED) is 0.549. The maximum absolute atomic E-state index is 10.1. The summed E-state index contributed by atoms with van der Waals surface area (Å²) < 4.78 is 7.10. The number of hydrogen-bond donors (Lipinski definition) is 1. The van der Waals surface area contributed by atoms with Gasteiger partial charge in [0.2, 0.25) is 0 Å². The Bertz CT molecular complexity index is 815. The Labute approximate surface area is 186 Å². The summed E-state index contributed by atoms with van der Waals surface area (Å²) in [6.07, 6.45) is 4.35. The fourth-order valence-electron chi connectivity index (χ4n) is 4.25. The van der Waals surface area contributed by atoms with Gasteiger partial charge in [-0.05, 0) is 74.9 Å². The minimum Gasteiger partial charge on any atom is -0.476 e. The predicted octanol–water partition coefficient (Wildman–Crippen LogP) is 6.18. The zero-order valence-corrected chi connectivity index (χ0v) is 19.4. The van der Waals surface area contributed by atoms with Crippen molar-refractivity contribution in [3.05, 3.63) is 58.1 Å². The van der Waals surface area contributed by atoms with Gasteiger partial charge in [-0.15, -0.1) is 12.4 Å². The molecule has 2 atom stereocenters. The highest BCUT2D eigenvalue weighted by Gasteiger charge is 2.36. The van der Waals surface area contributed by atoms with E-state index in [4.69, 9.17) is 4.74 Å². The predicted molar refractivity (Wildman–Crippen MR) is 121 cm³/mol. The maximum atomic E-state index is 10.1. The van der Waals surface area contributed by atoms with Gasteiger partial charge < -0.3 is 9.84 Å². The third-order valence-electron chi connectivity index (χ3n) is 5.55. The van der Waals surface area contributed by atoms with Gasteiger partial charge in [-0.3, -0.25) is 4.90 Å². The number of likely N-dealkylation sites (tertiary alicyclic amines) is 1. The van der Waals surface area contributed by atoms with Crippen molar-refractivity contribution in [3.8, 4) is 5.75 Å². The zero-order chi connectivity index (χ0) is 19.0. The summed E-state index contributed by atoms with van der Waals surface area (Å²) in [4.78, 5) is 3.29. The topological polar surface area (TPSA) is 32.7 Å². The average molecular weight is 485 g/mol. The number of halogens is 2. The lowest BCUT2D eigenvalue weighted by molar-refractivity contribution is 0.0596. The van der Waals surface area contributed by atoms with Crippen LogP contribution in [0.3, 0.4) is 0 Å². The Kier molecular flexibility index (Phi) is 7.04. The average Bonchev–Trinajstić information content (AvgIpc) is 3.18. The molecule has 0 radical (unpaired) electrons. The van der Waals surface area contributed by atoms with Crippen LogP contribution in [-0.2, 0) is 6.42 Å². The van der Waals surface area contributed by atoms with Gasteiger partial charge in [-0.1, -0.05) is 45.9 Å². The minimum absolute atomic E-state index is 0. The number of nitrogens with zero attached hydrogens (tertiary/aromatic N) is 1. The number of rotatable bonds is 5. The fourth-order valence-corrected chi connectivity index (χ4v) is 5.58. The normalized spacial score (nSPS) is 23.1. The highest BCUT2D eigenvalue weighted by molar-refractivity contribution is 9.10. The Hall–Kier alpha value is -0.720. The number of aryl methyl sites for hydroxylation is 1. The molecule has 2 heterocycles. The van der Waals surface area contributed by atoms with Crippen LogP contribution < -0.4 is 4.74 Å². The highest BCUT2D eigenvalue weighted by Crippen LogP contribution is 2.49. The first-order valence-corrected chi connectivity index (χ1v) is 11.2. The molecule has 3 nitrogen and oxygen atoms in total.